The fourth-order valence-corrected chi connectivity index (χ4v) is 3.63. The summed E-state index contributed by atoms with van der Waals surface area (Å²) in [5, 5.41) is 6.49. The molecular formula is C9H10N4O4S2. The molecule has 2 aromatic heterocycles. The minimum absolute atomic E-state index is 0.0645. The van der Waals surface area contributed by atoms with Gasteiger partial charge >= 0.3 is 0 Å². The summed E-state index contributed by atoms with van der Waals surface area (Å²) in [5.41, 5.74) is 0.405. The van der Waals surface area contributed by atoms with Gasteiger partial charge in [-0.1, -0.05) is 0 Å². The van der Waals surface area contributed by atoms with Crippen LogP contribution in [0.25, 0.3) is 11.4 Å². The molecular weight excluding hydrogens is 292 g/mol. The number of sulfone groups is 1. The largest absolute Gasteiger partial charge is 0.265 e. The zero-order valence-electron chi connectivity index (χ0n) is 10.0. The first-order valence-corrected chi connectivity index (χ1v) is 8.71. The van der Waals surface area contributed by atoms with Gasteiger partial charge in [0.2, 0.25) is 19.9 Å². The molecule has 0 radical (unpaired) electrons. The quantitative estimate of drug-likeness (QED) is 0.754. The summed E-state index contributed by atoms with van der Waals surface area (Å²) in [4.78, 5) is 3.79. The van der Waals surface area contributed by atoms with E-state index in [-0.39, 0.29) is 5.82 Å². The number of hydrogen-bond acceptors (Lipinski definition) is 7. The number of pyridine rings is 1. The summed E-state index contributed by atoms with van der Waals surface area (Å²) in [6, 6.07) is 3.02. The van der Waals surface area contributed by atoms with E-state index in [1.54, 1.807) is 0 Å². The monoisotopic (exact) mass is 302 g/mol. The van der Waals surface area contributed by atoms with Crippen LogP contribution in [0.1, 0.15) is 0 Å². The van der Waals surface area contributed by atoms with Crippen LogP contribution < -0.4 is 0 Å². The molecule has 0 aliphatic heterocycles. The van der Waals surface area contributed by atoms with Crippen molar-refractivity contribution in [2.75, 3.05) is 12.5 Å². The first-order chi connectivity index (χ1) is 8.71. The SMILES string of the molecule is CS(=O)(=O)c1nnc(-c2ccncc2)n1S(C)(=O)=O. The highest BCUT2D eigenvalue weighted by atomic mass is 32.2. The molecule has 0 spiro atoms. The third-order valence-electron chi connectivity index (χ3n) is 2.20. The van der Waals surface area contributed by atoms with E-state index in [9.17, 15) is 16.8 Å². The third kappa shape index (κ3) is 2.63. The fraction of sp³-hybridized carbons (Fsp3) is 0.222. The zero-order chi connectivity index (χ0) is 14.3. The van der Waals surface area contributed by atoms with Gasteiger partial charge in [0.25, 0.3) is 5.16 Å². The van der Waals surface area contributed by atoms with Crippen molar-refractivity contribution in [1.29, 1.82) is 0 Å². The molecule has 10 heteroatoms. The molecule has 0 bridgehead atoms. The van der Waals surface area contributed by atoms with Gasteiger partial charge in [0.15, 0.2) is 5.82 Å². The van der Waals surface area contributed by atoms with E-state index < -0.39 is 25.0 Å². The number of hydrogen-bond donors (Lipinski definition) is 0. The topological polar surface area (TPSA) is 112 Å². The Balaban J connectivity index is 2.83. The van der Waals surface area contributed by atoms with E-state index in [0.29, 0.717) is 9.54 Å². The average molecular weight is 302 g/mol. The van der Waals surface area contributed by atoms with Crippen LogP contribution in [0.15, 0.2) is 29.7 Å². The van der Waals surface area contributed by atoms with Crippen molar-refractivity contribution in [3.8, 4) is 11.4 Å². The lowest BCUT2D eigenvalue weighted by Gasteiger charge is -2.06. The number of rotatable bonds is 3. The Morgan fingerprint density at radius 3 is 2.05 bits per heavy atom. The van der Waals surface area contributed by atoms with Crippen LogP contribution in [0.5, 0.6) is 0 Å². The van der Waals surface area contributed by atoms with Crippen molar-refractivity contribution in [2.45, 2.75) is 5.16 Å². The van der Waals surface area contributed by atoms with Crippen LogP contribution in [0.3, 0.4) is 0 Å². The maximum atomic E-state index is 11.8. The summed E-state index contributed by atoms with van der Waals surface area (Å²) < 4.78 is 47.2. The average Bonchev–Trinajstić information content (AvgIpc) is 2.74. The predicted molar refractivity (Wildman–Crippen MR) is 66.6 cm³/mol. The Hall–Kier alpha value is -1.81. The normalized spacial score (nSPS) is 12.5. The smallest absolute Gasteiger partial charge is 0.263 e. The second kappa shape index (κ2) is 4.38. The molecule has 0 aliphatic rings. The van der Waals surface area contributed by atoms with Gasteiger partial charge in [-0.15, -0.1) is 10.2 Å². The standard InChI is InChI=1S/C9H10N4O4S2/c1-18(14,15)9-12-11-8(13(9)19(2,16)17)7-3-5-10-6-4-7/h3-6H,1-2H3. The minimum atomic E-state index is -3.86. The molecule has 0 saturated carbocycles. The van der Waals surface area contributed by atoms with Crippen LogP contribution in [-0.4, -0.2) is 48.5 Å². The third-order valence-corrected chi connectivity index (χ3v) is 4.25. The Labute approximate surface area is 110 Å². The summed E-state index contributed by atoms with van der Waals surface area (Å²) in [5.74, 6) is -0.0645. The van der Waals surface area contributed by atoms with Gasteiger partial charge in [0, 0.05) is 24.2 Å². The van der Waals surface area contributed by atoms with Crippen molar-refractivity contribution in [3.63, 3.8) is 0 Å². The van der Waals surface area contributed by atoms with Crippen LogP contribution >= 0.6 is 0 Å². The zero-order valence-corrected chi connectivity index (χ0v) is 11.7. The number of nitrogens with zero attached hydrogens (tertiary/aromatic N) is 4. The summed E-state index contributed by atoms with van der Waals surface area (Å²) >= 11 is 0. The molecule has 8 nitrogen and oxygen atoms in total. The highest BCUT2D eigenvalue weighted by molar-refractivity contribution is 7.92. The van der Waals surface area contributed by atoms with Crippen molar-refractivity contribution in [1.82, 2.24) is 19.2 Å². The van der Waals surface area contributed by atoms with Crippen LogP contribution in [0.2, 0.25) is 0 Å². The fourth-order valence-electron chi connectivity index (χ4n) is 1.46. The maximum absolute atomic E-state index is 11.8. The van der Waals surface area contributed by atoms with E-state index >= 15 is 0 Å². The van der Waals surface area contributed by atoms with Crippen molar-refractivity contribution >= 4 is 19.9 Å². The highest BCUT2D eigenvalue weighted by Crippen LogP contribution is 2.21. The maximum Gasteiger partial charge on any atom is 0.263 e. The first kappa shape index (κ1) is 13.6. The Morgan fingerprint density at radius 1 is 1.00 bits per heavy atom. The van der Waals surface area contributed by atoms with Gasteiger partial charge < -0.3 is 0 Å². The van der Waals surface area contributed by atoms with E-state index in [1.165, 1.54) is 24.5 Å². The Morgan fingerprint density at radius 2 is 1.58 bits per heavy atom. The molecule has 2 aromatic rings. The molecule has 19 heavy (non-hydrogen) atoms. The molecule has 0 N–H and O–H groups in total. The van der Waals surface area contributed by atoms with Gasteiger partial charge in [-0.3, -0.25) is 4.98 Å². The van der Waals surface area contributed by atoms with Gasteiger partial charge in [0.05, 0.1) is 6.26 Å². The van der Waals surface area contributed by atoms with Crippen LogP contribution in [-0.2, 0) is 19.9 Å². The molecule has 0 unspecified atom stereocenters. The first-order valence-electron chi connectivity index (χ1n) is 4.97. The molecule has 0 saturated heterocycles. The molecule has 0 aromatic carbocycles. The lowest BCUT2D eigenvalue weighted by Crippen LogP contribution is -2.17. The second-order valence-corrected chi connectivity index (χ2v) is 7.58. The number of aromatic nitrogens is 4. The molecule has 102 valence electrons. The summed E-state index contributed by atoms with van der Waals surface area (Å²) in [6.45, 7) is 0. The van der Waals surface area contributed by atoms with Crippen molar-refractivity contribution in [2.24, 2.45) is 0 Å². The van der Waals surface area contributed by atoms with Crippen molar-refractivity contribution in [3.05, 3.63) is 24.5 Å². The van der Waals surface area contributed by atoms with Crippen LogP contribution in [0.4, 0.5) is 0 Å². The van der Waals surface area contributed by atoms with Gasteiger partial charge in [-0.2, -0.15) is 3.97 Å². The lowest BCUT2D eigenvalue weighted by molar-refractivity contribution is 0.574. The van der Waals surface area contributed by atoms with E-state index in [0.717, 1.165) is 12.5 Å². The summed E-state index contributed by atoms with van der Waals surface area (Å²) in [7, 11) is -7.67. The van der Waals surface area contributed by atoms with Gasteiger partial charge in [-0.05, 0) is 12.1 Å². The van der Waals surface area contributed by atoms with E-state index in [4.69, 9.17) is 0 Å². The lowest BCUT2D eigenvalue weighted by atomic mass is 10.3. The molecule has 2 heterocycles. The molecule has 0 fully saturated rings. The summed E-state index contributed by atoms with van der Waals surface area (Å²) in [6.07, 6.45) is 4.64. The predicted octanol–water partition coefficient (Wildman–Crippen LogP) is -0.449. The van der Waals surface area contributed by atoms with Crippen LogP contribution in [0, 0.1) is 0 Å². The van der Waals surface area contributed by atoms with E-state index in [1.807, 2.05) is 0 Å². The van der Waals surface area contributed by atoms with Crippen molar-refractivity contribution < 1.29 is 16.8 Å². The second-order valence-electron chi connectivity index (χ2n) is 3.84. The van der Waals surface area contributed by atoms with Gasteiger partial charge in [0.1, 0.15) is 0 Å². The highest BCUT2D eigenvalue weighted by Gasteiger charge is 2.27. The van der Waals surface area contributed by atoms with E-state index in [2.05, 4.69) is 15.2 Å². The molecule has 0 aliphatic carbocycles. The Kier molecular flexibility index (Phi) is 3.14. The van der Waals surface area contributed by atoms with Gasteiger partial charge in [-0.25, -0.2) is 16.8 Å². The molecule has 0 amide bonds. The Bertz CT molecular complexity index is 809. The molecule has 0 atom stereocenters. The molecule has 2 rings (SSSR count). The minimum Gasteiger partial charge on any atom is -0.265 e.